The van der Waals surface area contributed by atoms with Crippen LogP contribution in [0, 0.1) is 5.82 Å². The van der Waals surface area contributed by atoms with Gasteiger partial charge in [-0.2, -0.15) is 0 Å². The lowest BCUT2D eigenvalue weighted by atomic mass is 10.00. The molecule has 0 aliphatic carbocycles. The van der Waals surface area contributed by atoms with Crippen molar-refractivity contribution >= 4 is 11.6 Å². The molecule has 0 spiro atoms. The Morgan fingerprint density at radius 1 is 1.35 bits per heavy atom. The Hall–Kier alpha value is -1.62. The summed E-state index contributed by atoms with van der Waals surface area (Å²) in [6.45, 7) is 1.41. The molecule has 110 valence electrons. The zero-order valence-corrected chi connectivity index (χ0v) is 12.1. The molecule has 1 amide bonds. The van der Waals surface area contributed by atoms with Crippen LogP contribution in [0.2, 0.25) is 0 Å². The molecule has 2 rings (SSSR count). The van der Waals surface area contributed by atoms with Crippen LogP contribution in [0.4, 0.5) is 10.1 Å². The first-order valence-electron chi connectivity index (χ1n) is 7.08. The minimum atomic E-state index is -0.256. The van der Waals surface area contributed by atoms with E-state index in [4.69, 9.17) is 0 Å². The van der Waals surface area contributed by atoms with Gasteiger partial charge in [-0.15, -0.1) is 0 Å². The molecular weight excluding hydrogens is 257 g/mol. The maximum Gasteiger partial charge on any atom is 0.242 e. The van der Waals surface area contributed by atoms with Crippen molar-refractivity contribution in [2.75, 3.05) is 25.5 Å². The van der Waals surface area contributed by atoms with Gasteiger partial charge in [-0.1, -0.05) is 0 Å². The Morgan fingerprint density at radius 3 is 2.85 bits per heavy atom. The highest BCUT2D eigenvalue weighted by molar-refractivity contribution is 5.85. The zero-order valence-electron chi connectivity index (χ0n) is 12.1. The molecule has 0 saturated carbocycles. The molecule has 0 radical (unpaired) electrons. The molecule has 1 fully saturated rings. The van der Waals surface area contributed by atoms with Gasteiger partial charge in [0.05, 0.1) is 0 Å². The van der Waals surface area contributed by atoms with Crippen LogP contribution in [0.5, 0.6) is 0 Å². The van der Waals surface area contributed by atoms with E-state index in [2.05, 4.69) is 10.6 Å². The van der Waals surface area contributed by atoms with Crippen molar-refractivity contribution in [1.82, 2.24) is 10.6 Å². The molecular formula is C15H22FN3O. The smallest absolute Gasteiger partial charge is 0.242 e. The molecule has 1 heterocycles. The van der Waals surface area contributed by atoms with Crippen molar-refractivity contribution in [3.63, 3.8) is 0 Å². The summed E-state index contributed by atoms with van der Waals surface area (Å²) in [5, 5.41) is 5.72. The molecule has 1 aliphatic rings. The van der Waals surface area contributed by atoms with E-state index in [0.29, 0.717) is 6.54 Å². The Labute approximate surface area is 119 Å². The fraction of sp³-hybridized carbons (Fsp3) is 0.533. The number of likely N-dealkylation sites (N-methyl/N-ethyl adjacent to an activating group) is 1. The van der Waals surface area contributed by atoms with Crippen molar-refractivity contribution in [3.05, 3.63) is 29.6 Å². The summed E-state index contributed by atoms with van der Waals surface area (Å²) < 4.78 is 13.8. The van der Waals surface area contributed by atoms with Gasteiger partial charge in [0.2, 0.25) is 5.91 Å². The van der Waals surface area contributed by atoms with Crippen LogP contribution in [0.3, 0.4) is 0 Å². The van der Waals surface area contributed by atoms with Crippen molar-refractivity contribution < 1.29 is 9.18 Å². The average molecular weight is 279 g/mol. The Kier molecular flexibility index (Phi) is 4.95. The van der Waals surface area contributed by atoms with Gasteiger partial charge in [0, 0.05) is 25.8 Å². The Balaban J connectivity index is 2.29. The van der Waals surface area contributed by atoms with E-state index in [1.165, 1.54) is 12.1 Å². The second-order valence-corrected chi connectivity index (χ2v) is 5.17. The predicted molar refractivity (Wildman–Crippen MR) is 78.2 cm³/mol. The maximum absolute atomic E-state index is 13.8. The van der Waals surface area contributed by atoms with E-state index in [9.17, 15) is 9.18 Å². The number of piperidine rings is 1. The lowest BCUT2D eigenvalue weighted by Gasteiger charge is -2.36. The van der Waals surface area contributed by atoms with Crippen molar-refractivity contribution in [2.24, 2.45) is 0 Å². The first-order chi connectivity index (χ1) is 9.65. The molecule has 1 aromatic carbocycles. The van der Waals surface area contributed by atoms with Gasteiger partial charge >= 0.3 is 0 Å². The van der Waals surface area contributed by atoms with E-state index in [1.54, 1.807) is 7.05 Å². The number of carbonyl (C=O) groups excluding carboxylic acids is 1. The third kappa shape index (κ3) is 3.28. The average Bonchev–Trinajstić information content (AvgIpc) is 2.46. The molecule has 1 saturated heterocycles. The summed E-state index contributed by atoms with van der Waals surface area (Å²) >= 11 is 0. The van der Waals surface area contributed by atoms with Gasteiger partial charge in [0.25, 0.3) is 0 Å². The largest absolute Gasteiger partial charge is 0.359 e. The molecule has 5 heteroatoms. The number of hydrogen-bond acceptors (Lipinski definition) is 3. The van der Waals surface area contributed by atoms with E-state index in [-0.39, 0.29) is 17.8 Å². The van der Waals surface area contributed by atoms with Crippen molar-refractivity contribution in [3.8, 4) is 0 Å². The fourth-order valence-electron chi connectivity index (χ4n) is 2.79. The van der Waals surface area contributed by atoms with Crippen LogP contribution in [0.15, 0.2) is 18.2 Å². The lowest BCUT2D eigenvalue weighted by Crippen LogP contribution is -2.49. The summed E-state index contributed by atoms with van der Waals surface area (Å²) in [5.41, 5.74) is 1.69. The van der Waals surface area contributed by atoms with Crippen LogP contribution < -0.4 is 15.5 Å². The minimum Gasteiger partial charge on any atom is -0.359 e. The fourth-order valence-corrected chi connectivity index (χ4v) is 2.79. The van der Waals surface area contributed by atoms with Crippen LogP contribution in [-0.4, -0.2) is 32.6 Å². The van der Waals surface area contributed by atoms with Crippen molar-refractivity contribution in [2.45, 2.75) is 31.8 Å². The number of benzene rings is 1. The number of rotatable bonds is 4. The number of nitrogens with zero attached hydrogens (tertiary/aromatic N) is 1. The summed E-state index contributed by atoms with van der Waals surface area (Å²) in [5.74, 6) is -0.252. The normalized spacial score (nSPS) is 18.9. The van der Waals surface area contributed by atoms with E-state index >= 15 is 0 Å². The van der Waals surface area contributed by atoms with Crippen LogP contribution >= 0.6 is 0 Å². The molecule has 1 unspecified atom stereocenters. The number of amides is 1. The monoisotopic (exact) mass is 279 g/mol. The Morgan fingerprint density at radius 2 is 2.15 bits per heavy atom. The number of carbonyl (C=O) groups is 1. The van der Waals surface area contributed by atoms with Crippen LogP contribution in [0.25, 0.3) is 0 Å². The third-order valence-corrected chi connectivity index (χ3v) is 3.71. The van der Waals surface area contributed by atoms with Crippen LogP contribution in [0.1, 0.15) is 24.8 Å². The Bertz CT molecular complexity index is 478. The molecule has 20 heavy (non-hydrogen) atoms. The quantitative estimate of drug-likeness (QED) is 0.881. The lowest BCUT2D eigenvalue weighted by molar-refractivity contribution is -0.122. The van der Waals surface area contributed by atoms with Gasteiger partial charge in [-0.05, 0) is 50.1 Å². The maximum atomic E-state index is 13.8. The molecule has 1 aliphatic heterocycles. The number of nitrogens with one attached hydrogen (secondary N) is 2. The van der Waals surface area contributed by atoms with Crippen molar-refractivity contribution in [1.29, 1.82) is 0 Å². The first kappa shape index (κ1) is 14.8. The third-order valence-electron chi connectivity index (χ3n) is 3.71. The summed E-state index contributed by atoms with van der Waals surface area (Å²) in [6.07, 6.45) is 2.89. The number of halogens is 1. The highest BCUT2D eigenvalue weighted by atomic mass is 19.1. The van der Waals surface area contributed by atoms with Gasteiger partial charge < -0.3 is 15.5 Å². The highest BCUT2D eigenvalue weighted by Gasteiger charge is 2.28. The first-order valence-corrected chi connectivity index (χ1v) is 7.08. The standard InChI is InChI=1S/C15H22FN3O/c1-17-10-11-7-12(16)9-13(8-11)19-6-4-3-5-14(19)15(20)18-2/h7-9,14,17H,3-6,10H2,1-2H3,(H,18,20). The second kappa shape index (κ2) is 6.70. The minimum absolute atomic E-state index is 0.00382. The van der Waals surface area contributed by atoms with Crippen LogP contribution in [-0.2, 0) is 11.3 Å². The van der Waals surface area contributed by atoms with Gasteiger partial charge in [-0.3, -0.25) is 4.79 Å². The predicted octanol–water partition coefficient (Wildman–Crippen LogP) is 1.65. The topological polar surface area (TPSA) is 44.4 Å². The van der Waals surface area contributed by atoms with Gasteiger partial charge in [-0.25, -0.2) is 4.39 Å². The molecule has 0 aromatic heterocycles. The second-order valence-electron chi connectivity index (χ2n) is 5.17. The number of anilines is 1. The summed E-state index contributed by atoms with van der Waals surface area (Å²) in [7, 11) is 3.48. The number of hydrogen-bond donors (Lipinski definition) is 2. The molecule has 4 nitrogen and oxygen atoms in total. The zero-order chi connectivity index (χ0) is 14.5. The molecule has 0 bridgehead atoms. The van der Waals surface area contributed by atoms with Gasteiger partial charge in [0.15, 0.2) is 0 Å². The molecule has 1 aromatic rings. The highest BCUT2D eigenvalue weighted by Crippen LogP contribution is 2.26. The summed E-state index contributed by atoms with van der Waals surface area (Å²) in [6, 6.07) is 4.80. The molecule has 1 atom stereocenters. The molecule has 2 N–H and O–H groups in total. The van der Waals surface area contributed by atoms with E-state index in [1.807, 2.05) is 18.0 Å². The van der Waals surface area contributed by atoms with Gasteiger partial charge in [0.1, 0.15) is 11.9 Å². The summed E-state index contributed by atoms with van der Waals surface area (Å²) in [4.78, 5) is 14.0. The SMILES string of the molecule is CNCc1cc(F)cc(N2CCCCC2C(=O)NC)c1. The van der Waals surface area contributed by atoms with E-state index in [0.717, 1.165) is 37.1 Å². The van der Waals surface area contributed by atoms with E-state index < -0.39 is 0 Å².